The van der Waals surface area contributed by atoms with Gasteiger partial charge in [-0.3, -0.25) is 14.6 Å². The molecule has 0 saturated heterocycles. The van der Waals surface area contributed by atoms with Crippen LogP contribution < -0.4 is 15.0 Å². The number of para-hydroxylation sites is 1. The molecule has 0 spiro atoms. The van der Waals surface area contributed by atoms with E-state index >= 15 is 0 Å². The summed E-state index contributed by atoms with van der Waals surface area (Å²) in [5.41, 5.74) is -0.849. The normalized spacial score (nSPS) is 26.9. The Balaban J connectivity index is 1.38. The molecule has 1 aliphatic heterocycles. The molecular weight excluding hydrogens is 538 g/mol. The fourth-order valence-electron chi connectivity index (χ4n) is 5.26. The van der Waals surface area contributed by atoms with Crippen molar-refractivity contribution in [3.63, 3.8) is 0 Å². The lowest BCUT2D eigenvalue weighted by atomic mass is 9.77. The molecule has 3 aromatic rings. The molecule has 2 aliphatic rings. The van der Waals surface area contributed by atoms with E-state index in [-0.39, 0.29) is 24.9 Å². The van der Waals surface area contributed by atoms with Crippen LogP contribution in [0.4, 0.5) is 14.5 Å². The standard InChI is InChI=1S/C26H25ClF2N4O4S/c1-37-25-31-12-21(38-25)26(36)17-6-2-3-7-20(17)33(24(26)35)13-15-9-16(22(28)29)19(10-18(15)27)32-23(34)14-5-4-8-30-11-14/h2-8,11-12,15-16,18-19,22,36H,9-10,13H2,1H3,(H,32,34)/t15-,16-,18-,19-,26+/m1/s1. The first-order chi connectivity index (χ1) is 18.2. The fourth-order valence-corrected chi connectivity index (χ4v) is 6.46. The van der Waals surface area contributed by atoms with Crippen molar-refractivity contribution in [2.45, 2.75) is 36.3 Å². The van der Waals surface area contributed by atoms with Gasteiger partial charge in [0.05, 0.1) is 23.2 Å². The number of ether oxygens (including phenoxy) is 1. The maximum atomic E-state index is 14.2. The number of nitrogens with one attached hydrogen (secondary N) is 1. The molecule has 2 N–H and O–H groups in total. The molecule has 3 heterocycles. The molecule has 2 aromatic heterocycles. The highest BCUT2D eigenvalue weighted by Crippen LogP contribution is 2.48. The van der Waals surface area contributed by atoms with Crippen molar-refractivity contribution in [1.82, 2.24) is 15.3 Å². The third-order valence-electron chi connectivity index (χ3n) is 7.22. The smallest absolute Gasteiger partial charge is 0.273 e. The van der Waals surface area contributed by atoms with Crippen molar-refractivity contribution >= 4 is 40.4 Å². The summed E-state index contributed by atoms with van der Waals surface area (Å²) >= 11 is 7.76. The quantitative estimate of drug-likeness (QED) is 0.424. The fraction of sp³-hybridized carbons (Fsp3) is 0.385. The second-order valence-electron chi connectivity index (χ2n) is 9.41. The molecule has 200 valence electrons. The number of thiazole rings is 1. The van der Waals surface area contributed by atoms with Crippen LogP contribution in [0, 0.1) is 11.8 Å². The van der Waals surface area contributed by atoms with Crippen molar-refractivity contribution in [2.75, 3.05) is 18.6 Å². The Labute approximate surface area is 226 Å². The van der Waals surface area contributed by atoms with Crippen LogP contribution >= 0.6 is 22.9 Å². The summed E-state index contributed by atoms with van der Waals surface area (Å²) in [6, 6.07) is 9.12. The minimum Gasteiger partial charge on any atom is -0.473 e. The number of methoxy groups -OCH3 is 1. The number of halogens is 3. The number of benzene rings is 1. The van der Waals surface area contributed by atoms with E-state index in [1.807, 2.05) is 0 Å². The van der Waals surface area contributed by atoms with Crippen LogP contribution in [-0.2, 0) is 10.4 Å². The molecule has 1 aromatic carbocycles. The molecule has 0 bridgehead atoms. The maximum Gasteiger partial charge on any atom is 0.273 e. The Kier molecular flexibility index (Phi) is 7.34. The molecule has 1 aliphatic carbocycles. The van der Waals surface area contributed by atoms with Gasteiger partial charge in [0.2, 0.25) is 12.0 Å². The highest BCUT2D eigenvalue weighted by atomic mass is 35.5. The van der Waals surface area contributed by atoms with Gasteiger partial charge < -0.3 is 20.1 Å². The van der Waals surface area contributed by atoms with E-state index in [1.165, 1.54) is 30.6 Å². The third kappa shape index (κ3) is 4.63. The summed E-state index contributed by atoms with van der Waals surface area (Å²) in [5.74, 6) is -2.76. The van der Waals surface area contributed by atoms with E-state index in [2.05, 4.69) is 15.3 Å². The summed E-state index contributed by atoms with van der Waals surface area (Å²) in [5, 5.41) is 14.1. The van der Waals surface area contributed by atoms with Gasteiger partial charge in [0.1, 0.15) is 0 Å². The molecule has 0 radical (unpaired) electrons. The van der Waals surface area contributed by atoms with Gasteiger partial charge >= 0.3 is 0 Å². The van der Waals surface area contributed by atoms with Crippen LogP contribution in [0.2, 0.25) is 0 Å². The van der Waals surface area contributed by atoms with Crippen LogP contribution in [-0.4, -0.2) is 58.4 Å². The van der Waals surface area contributed by atoms with E-state index < -0.39 is 47.1 Å². The van der Waals surface area contributed by atoms with Crippen LogP contribution in [0.5, 0.6) is 5.19 Å². The van der Waals surface area contributed by atoms with Gasteiger partial charge in [-0.05, 0) is 37.0 Å². The molecular formula is C26H25ClF2N4O4S. The molecule has 12 heteroatoms. The number of carbonyl (C=O) groups excluding carboxylic acids is 2. The number of carbonyl (C=O) groups is 2. The average molecular weight is 563 g/mol. The summed E-state index contributed by atoms with van der Waals surface area (Å²) in [4.78, 5) is 36.0. The number of pyridine rings is 1. The zero-order valence-corrected chi connectivity index (χ0v) is 21.8. The highest BCUT2D eigenvalue weighted by Gasteiger charge is 2.53. The second kappa shape index (κ2) is 10.5. The predicted octanol–water partition coefficient (Wildman–Crippen LogP) is 3.83. The SMILES string of the molecule is COc1ncc([C@]2(O)C(=O)N(C[C@H]3C[C@@H](C(F)F)[C@H](NC(=O)c4cccnc4)C[C@H]3Cl)c3ccccc32)s1. The molecule has 5 atom stereocenters. The topological polar surface area (TPSA) is 105 Å². The zero-order chi connectivity index (χ0) is 27.0. The number of aliphatic hydroxyl groups is 1. The number of fused-ring (bicyclic) bond motifs is 1. The van der Waals surface area contributed by atoms with Crippen LogP contribution in [0.3, 0.4) is 0 Å². The lowest BCUT2D eigenvalue weighted by Crippen LogP contribution is -2.52. The number of aromatic nitrogens is 2. The largest absolute Gasteiger partial charge is 0.473 e. The average Bonchev–Trinajstić information content (AvgIpc) is 3.49. The highest BCUT2D eigenvalue weighted by molar-refractivity contribution is 7.13. The summed E-state index contributed by atoms with van der Waals surface area (Å²) < 4.78 is 33.5. The van der Waals surface area contributed by atoms with Crippen LogP contribution in [0.1, 0.15) is 33.6 Å². The van der Waals surface area contributed by atoms with Crippen molar-refractivity contribution in [3.05, 3.63) is 71.0 Å². The number of rotatable bonds is 7. The summed E-state index contributed by atoms with van der Waals surface area (Å²) in [7, 11) is 1.44. The Bertz CT molecular complexity index is 1330. The molecule has 8 nitrogen and oxygen atoms in total. The van der Waals surface area contributed by atoms with Gasteiger partial charge in [0.25, 0.3) is 17.0 Å². The minimum atomic E-state index is -2.70. The van der Waals surface area contributed by atoms with Gasteiger partial charge in [0.15, 0.2) is 0 Å². The van der Waals surface area contributed by atoms with Crippen molar-refractivity contribution in [1.29, 1.82) is 0 Å². The molecule has 2 amide bonds. The Morgan fingerprint density at radius 2 is 2.08 bits per heavy atom. The Morgan fingerprint density at radius 1 is 1.29 bits per heavy atom. The predicted molar refractivity (Wildman–Crippen MR) is 138 cm³/mol. The van der Waals surface area contributed by atoms with Gasteiger partial charge in [0, 0.05) is 48.0 Å². The van der Waals surface area contributed by atoms with Crippen LogP contribution in [0.25, 0.3) is 0 Å². The first kappa shape index (κ1) is 26.5. The number of amides is 2. The van der Waals surface area contributed by atoms with Gasteiger partial charge in [-0.1, -0.05) is 29.5 Å². The number of hydrogen-bond donors (Lipinski definition) is 2. The van der Waals surface area contributed by atoms with Gasteiger partial charge in [-0.2, -0.15) is 0 Å². The Morgan fingerprint density at radius 3 is 2.76 bits per heavy atom. The van der Waals surface area contributed by atoms with E-state index in [0.29, 0.717) is 21.3 Å². The maximum absolute atomic E-state index is 14.2. The number of alkyl halides is 3. The summed E-state index contributed by atoms with van der Waals surface area (Å²) in [6.07, 6.45) is 1.67. The van der Waals surface area contributed by atoms with Gasteiger partial charge in [-0.25, -0.2) is 13.8 Å². The Hall–Kier alpha value is -3.15. The van der Waals surface area contributed by atoms with E-state index in [9.17, 15) is 23.5 Å². The van der Waals surface area contributed by atoms with Crippen molar-refractivity contribution in [2.24, 2.45) is 11.8 Å². The minimum absolute atomic E-state index is 0.0113. The van der Waals surface area contributed by atoms with Crippen LogP contribution in [0.15, 0.2) is 55.0 Å². The second-order valence-corrected chi connectivity index (χ2v) is 11.0. The van der Waals surface area contributed by atoms with Gasteiger partial charge in [-0.15, -0.1) is 11.6 Å². The first-order valence-corrected chi connectivity index (χ1v) is 13.3. The lowest BCUT2D eigenvalue weighted by molar-refractivity contribution is -0.132. The van der Waals surface area contributed by atoms with E-state index in [1.54, 1.807) is 36.4 Å². The molecule has 1 saturated carbocycles. The number of hydrogen-bond acceptors (Lipinski definition) is 7. The van der Waals surface area contributed by atoms with E-state index in [4.69, 9.17) is 16.3 Å². The van der Waals surface area contributed by atoms with Crippen molar-refractivity contribution < 1.29 is 28.2 Å². The van der Waals surface area contributed by atoms with Crippen molar-refractivity contribution in [3.8, 4) is 5.19 Å². The zero-order valence-electron chi connectivity index (χ0n) is 20.3. The summed E-state index contributed by atoms with van der Waals surface area (Å²) in [6.45, 7) is 0.0365. The third-order valence-corrected chi connectivity index (χ3v) is 8.82. The molecule has 5 rings (SSSR count). The van der Waals surface area contributed by atoms with E-state index in [0.717, 1.165) is 11.3 Å². The molecule has 0 unspecified atom stereocenters. The molecule has 1 fully saturated rings. The number of nitrogens with zero attached hydrogens (tertiary/aromatic N) is 3. The number of anilines is 1. The monoisotopic (exact) mass is 562 g/mol. The lowest BCUT2D eigenvalue weighted by Gasteiger charge is -2.40. The molecule has 38 heavy (non-hydrogen) atoms. The first-order valence-electron chi connectivity index (χ1n) is 12.0.